The second kappa shape index (κ2) is 5.95. The minimum atomic E-state index is 0.0249. The lowest BCUT2D eigenvalue weighted by atomic mass is 10.2. The molecule has 112 valence electrons. The first-order valence-corrected chi connectivity index (χ1v) is 7.26. The van der Waals surface area contributed by atoms with Gasteiger partial charge >= 0.3 is 0 Å². The first-order chi connectivity index (χ1) is 10.1. The smallest absolute Gasteiger partial charge is 0.246 e. The van der Waals surface area contributed by atoms with E-state index in [1.807, 2.05) is 11.0 Å². The molecule has 0 radical (unpaired) electrons. The number of likely N-dealkylation sites (N-methyl/N-ethyl adjacent to an activating group) is 1. The van der Waals surface area contributed by atoms with Gasteiger partial charge in [-0.2, -0.15) is 0 Å². The molecule has 2 aliphatic heterocycles. The van der Waals surface area contributed by atoms with Gasteiger partial charge in [-0.05, 0) is 30.8 Å². The van der Waals surface area contributed by atoms with Crippen molar-refractivity contribution in [3.05, 3.63) is 28.8 Å². The molecule has 5 nitrogen and oxygen atoms in total. The van der Waals surface area contributed by atoms with Crippen molar-refractivity contribution in [3.63, 3.8) is 0 Å². The fourth-order valence-electron chi connectivity index (χ4n) is 2.38. The third-order valence-corrected chi connectivity index (χ3v) is 3.96. The van der Waals surface area contributed by atoms with Crippen LogP contribution < -0.4 is 9.47 Å². The van der Waals surface area contributed by atoms with Crippen molar-refractivity contribution < 1.29 is 14.3 Å². The molecular formula is C15H17ClN2O3. The molecule has 0 saturated carbocycles. The van der Waals surface area contributed by atoms with Crippen LogP contribution in [0.15, 0.2) is 18.2 Å². The number of amides is 1. The van der Waals surface area contributed by atoms with Gasteiger partial charge in [0.2, 0.25) is 12.7 Å². The Bertz CT molecular complexity index is 581. The van der Waals surface area contributed by atoms with E-state index in [9.17, 15) is 4.79 Å². The van der Waals surface area contributed by atoms with E-state index in [4.69, 9.17) is 21.1 Å². The van der Waals surface area contributed by atoms with E-state index in [0.29, 0.717) is 16.5 Å². The minimum absolute atomic E-state index is 0.0249. The lowest BCUT2D eigenvalue weighted by Crippen LogP contribution is -2.46. The predicted octanol–water partition coefficient (Wildman–Crippen LogP) is 1.86. The summed E-state index contributed by atoms with van der Waals surface area (Å²) < 4.78 is 10.6. The summed E-state index contributed by atoms with van der Waals surface area (Å²) in [6.45, 7) is 3.54. The van der Waals surface area contributed by atoms with Crippen LogP contribution in [-0.4, -0.2) is 55.7 Å². The minimum Gasteiger partial charge on any atom is -0.454 e. The van der Waals surface area contributed by atoms with Crippen molar-refractivity contribution in [2.24, 2.45) is 0 Å². The van der Waals surface area contributed by atoms with Crippen molar-refractivity contribution in [2.45, 2.75) is 0 Å². The summed E-state index contributed by atoms with van der Waals surface area (Å²) in [5, 5.41) is 0.497. The van der Waals surface area contributed by atoms with E-state index >= 15 is 0 Å². The van der Waals surface area contributed by atoms with Crippen LogP contribution >= 0.6 is 11.6 Å². The lowest BCUT2D eigenvalue weighted by Gasteiger charge is -2.31. The van der Waals surface area contributed by atoms with Crippen LogP contribution in [-0.2, 0) is 4.79 Å². The van der Waals surface area contributed by atoms with Crippen LogP contribution in [0.25, 0.3) is 6.08 Å². The normalized spacial score (nSPS) is 18.5. The standard InChI is InChI=1S/C15H17ClN2O3/c1-17-4-6-18(7-5-17)14(19)3-2-11-8-12(16)15-13(9-11)20-10-21-15/h2-3,8-9H,4-7,10H2,1H3. The molecule has 1 amide bonds. The Morgan fingerprint density at radius 2 is 2.00 bits per heavy atom. The Hall–Kier alpha value is -1.72. The van der Waals surface area contributed by atoms with Crippen molar-refractivity contribution in [1.82, 2.24) is 9.80 Å². The first-order valence-electron chi connectivity index (χ1n) is 6.88. The number of hydrogen-bond acceptors (Lipinski definition) is 4. The van der Waals surface area contributed by atoms with E-state index in [1.54, 1.807) is 18.2 Å². The highest BCUT2D eigenvalue weighted by molar-refractivity contribution is 6.32. The van der Waals surface area contributed by atoms with Crippen LogP contribution in [0.2, 0.25) is 5.02 Å². The summed E-state index contributed by atoms with van der Waals surface area (Å²) >= 11 is 6.12. The van der Waals surface area contributed by atoms with Gasteiger partial charge in [-0.3, -0.25) is 4.79 Å². The topological polar surface area (TPSA) is 42.0 Å². The Balaban J connectivity index is 1.68. The second-order valence-corrected chi connectivity index (χ2v) is 5.61. The first kappa shape index (κ1) is 14.2. The van der Waals surface area contributed by atoms with Crippen LogP contribution in [0, 0.1) is 0 Å². The van der Waals surface area contributed by atoms with Gasteiger partial charge in [-0.25, -0.2) is 0 Å². The van der Waals surface area contributed by atoms with Gasteiger partial charge in [0, 0.05) is 32.3 Å². The van der Waals surface area contributed by atoms with E-state index < -0.39 is 0 Å². The maximum Gasteiger partial charge on any atom is 0.246 e. The molecule has 0 spiro atoms. The zero-order valence-corrected chi connectivity index (χ0v) is 12.6. The quantitative estimate of drug-likeness (QED) is 0.782. The maximum absolute atomic E-state index is 12.1. The molecule has 0 bridgehead atoms. The fourth-order valence-corrected chi connectivity index (χ4v) is 2.66. The highest BCUT2D eigenvalue weighted by Crippen LogP contribution is 2.40. The maximum atomic E-state index is 12.1. The third-order valence-electron chi connectivity index (χ3n) is 3.68. The van der Waals surface area contributed by atoms with Crippen molar-refractivity contribution in [1.29, 1.82) is 0 Å². The van der Waals surface area contributed by atoms with Crippen LogP contribution in [0.5, 0.6) is 11.5 Å². The van der Waals surface area contributed by atoms with Crippen molar-refractivity contribution in [3.8, 4) is 11.5 Å². The molecule has 1 fully saturated rings. The largest absolute Gasteiger partial charge is 0.454 e. The molecule has 0 N–H and O–H groups in total. The number of hydrogen-bond donors (Lipinski definition) is 0. The van der Waals surface area contributed by atoms with Gasteiger partial charge in [0.15, 0.2) is 11.5 Å². The highest BCUT2D eigenvalue weighted by atomic mass is 35.5. The Morgan fingerprint density at radius 1 is 1.24 bits per heavy atom. The lowest BCUT2D eigenvalue weighted by molar-refractivity contribution is -0.127. The number of rotatable bonds is 2. The number of ether oxygens (including phenoxy) is 2. The summed E-state index contributed by atoms with van der Waals surface area (Å²) in [6.07, 6.45) is 3.34. The van der Waals surface area contributed by atoms with Gasteiger partial charge in [-0.15, -0.1) is 0 Å². The van der Waals surface area contributed by atoms with E-state index in [2.05, 4.69) is 11.9 Å². The number of carbonyl (C=O) groups is 1. The molecule has 2 heterocycles. The average molecular weight is 309 g/mol. The molecular weight excluding hydrogens is 292 g/mol. The van der Waals surface area contributed by atoms with Gasteiger partial charge in [0.25, 0.3) is 0 Å². The molecule has 21 heavy (non-hydrogen) atoms. The second-order valence-electron chi connectivity index (χ2n) is 5.20. The van der Waals surface area contributed by atoms with Gasteiger partial charge in [0.05, 0.1) is 5.02 Å². The Morgan fingerprint density at radius 3 is 2.76 bits per heavy atom. The van der Waals surface area contributed by atoms with Crippen molar-refractivity contribution in [2.75, 3.05) is 40.0 Å². The zero-order chi connectivity index (χ0) is 14.8. The molecule has 0 atom stereocenters. The average Bonchev–Trinajstić information content (AvgIpc) is 2.94. The SMILES string of the molecule is CN1CCN(C(=O)C=Cc2cc(Cl)c3c(c2)OCO3)CC1. The molecule has 3 rings (SSSR count). The molecule has 2 aliphatic rings. The number of benzene rings is 1. The number of fused-ring (bicyclic) bond motifs is 1. The summed E-state index contributed by atoms with van der Waals surface area (Å²) in [6, 6.07) is 3.59. The van der Waals surface area contributed by atoms with E-state index in [0.717, 1.165) is 31.7 Å². The molecule has 0 aliphatic carbocycles. The number of carbonyl (C=O) groups excluding carboxylic acids is 1. The molecule has 6 heteroatoms. The molecule has 1 saturated heterocycles. The fraction of sp³-hybridized carbons (Fsp3) is 0.400. The Labute approximate surface area is 128 Å². The van der Waals surface area contributed by atoms with Gasteiger partial charge < -0.3 is 19.3 Å². The third kappa shape index (κ3) is 3.14. The van der Waals surface area contributed by atoms with Crippen LogP contribution in [0.4, 0.5) is 0 Å². The van der Waals surface area contributed by atoms with E-state index in [-0.39, 0.29) is 12.7 Å². The molecule has 1 aromatic rings. The number of halogens is 1. The van der Waals surface area contributed by atoms with Crippen molar-refractivity contribution >= 4 is 23.6 Å². The summed E-state index contributed by atoms with van der Waals surface area (Å²) in [4.78, 5) is 16.2. The Kier molecular flexibility index (Phi) is 4.03. The monoisotopic (exact) mass is 308 g/mol. The number of piperazine rings is 1. The summed E-state index contributed by atoms with van der Waals surface area (Å²) in [5.41, 5.74) is 0.826. The number of nitrogens with zero attached hydrogens (tertiary/aromatic N) is 2. The predicted molar refractivity (Wildman–Crippen MR) is 80.7 cm³/mol. The summed E-state index contributed by atoms with van der Waals surface area (Å²) in [7, 11) is 2.06. The summed E-state index contributed by atoms with van der Waals surface area (Å²) in [5.74, 6) is 1.21. The molecule has 0 aromatic heterocycles. The molecule has 0 unspecified atom stereocenters. The van der Waals surface area contributed by atoms with Gasteiger partial charge in [0.1, 0.15) is 0 Å². The molecule has 1 aromatic carbocycles. The zero-order valence-electron chi connectivity index (χ0n) is 11.8. The highest BCUT2D eigenvalue weighted by Gasteiger charge is 2.19. The van der Waals surface area contributed by atoms with Gasteiger partial charge in [-0.1, -0.05) is 11.6 Å². The van der Waals surface area contributed by atoms with E-state index in [1.165, 1.54) is 0 Å². The van der Waals surface area contributed by atoms with Crippen LogP contribution in [0.1, 0.15) is 5.56 Å². The van der Waals surface area contributed by atoms with Crippen LogP contribution in [0.3, 0.4) is 0 Å².